The molecule has 1 radical (unpaired) electrons. The highest BCUT2D eigenvalue weighted by molar-refractivity contribution is 5.47. The van der Waals surface area contributed by atoms with Crippen LogP contribution in [0.1, 0.15) is 97.3 Å². The molecule has 0 aliphatic carbocycles. The lowest BCUT2D eigenvalue weighted by Gasteiger charge is -2.15. The highest BCUT2D eigenvalue weighted by atomic mass is 16.1. The van der Waals surface area contributed by atoms with Crippen molar-refractivity contribution in [3.63, 3.8) is 0 Å². The number of hydrogen-bond acceptors (Lipinski definition) is 1. The van der Waals surface area contributed by atoms with Gasteiger partial charge in [0.15, 0.2) is 0 Å². The summed E-state index contributed by atoms with van der Waals surface area (Å²) < 4.78 is 0. The third-order valence-electron chi connectivity index (χ3n) is 3.94. The molecule has 2 heteroatoms. The maximum Gasteiger partial charge on any atom is 0.312 e. The fraction of sp³-hybridized carbons (Fsp3) is 0.944. The summed E-state index contributed by atoms with van der Waals surface area (Å²) in [5.74, 6) is 0. The van der Waals surface area contributed by atoms with Gasteiger partial charge in [-0.25, -0.2) is 0 Å². The van der Waals surface area contributed by atoms with E-state index in [1.807, 2.05) is 4.90 Å². The van der Waals surface area contributed by atoms with Gasteiger partial charge in [-0.1, -0.05) is 84.5 Å². The summed E-state index contributed by atoms with van der Waals surface area (Å²) in [5.41, 5.74) is 0. The molecule has 2 nitrogen and oxygen atoms in total. The molecule has 119 valence electrons. The van der Waals surface area contributed by atoms with Crippen molar-refractivity contribution in [1.82, 2.24) is 4.90 Å². The van der Waals surface area contributed by atoms with Gasteiger partial charge >= 0.3 is 6.41 Å². The van der Waals surface area contributed by atoms with E-state index in [1.54, 1.807) is 0 Å². The van der Waals surface area contributed by atoms with E-state index in [-0.39, 0.29) is 0 Å². The molecular formula is C18H36NO. The molecule has 0 saturated carbocycles. The van der Waals surface area contributed by atoms with Crippen LogP contribution in [0.4, 0.5) is 0 Å². The Morgan fingerprint density at radius 2 is 0.950 bits per heavy atom. The minimum Gasteiger partial charge on any atom is -0.334 e. The van der Waals surface area contributed by atoms with Crippen LogP contribution in [-0.4, -0.2) is 24.4 Å². The zero-order valence-corrected chi connectivity index (χ0v) is 14.0. The first-order valence-corrected chi connectivity index (χ1v) is 8.97. The van der Waals surface area contributed by atoms with Crippen LogP contribution in [0.3, 0.4) is 0 Å². The summed E-state index contributed by atoms with van der Waals surface area (Å²) >= 11 is 0. The number of amides is 1. The summed E-state index contributed by atoms with van der Waals surface area (Å²) in [6.07, 6.45) is 19.0. The number of hydrogen-bond donors (Lipinski definition) is 0. The number of nitrogens with zero attached hydrogens (tertiary/aromatic N) is 1. The second-order valence-electron chi connectivity index (χ2n) is 5.97. The molecule has 0 atom stereocenters. The van der Waals surface area contributed by atoms with Crippen LogP contribution in [0, 0.1) is 0 Å². The van der Waals surface area contributed by atoms with Crippen LogP contribution in [0.25, 0.3) is 0 Å². The lowest BCUT2D eigenvalue weighted by molar-refractivity contribution is 0.356. The second kappa shape index (κ2) is 16.5. The normalized spacial score (nSPS) is 10.7. The summed E-state index contributed by atoms with van der Waals surface area (Å²) in [5, 5.41) is 0. The average molecular weight is 282 g/mol. The first kappa shape index (κ1) is 19.5. The van der Waals surface area contributed by atoms with E-state index in [4.69, 9.17) is 0 Å². The van der Waals surface area contributed by atoms with Gasteiger partial charge in [0.1, 0.15) is 0 Å². The Kier molecular flexibility index (Phi) is 16.1. The maximum atomic E-state index is 10.9. The quantitative estimate of drug-likeness (QED) is 0.272. The van der Waals surface area contributed by atoms with Gasteiger partial charge in [0, 0.05) is 13.1 Å². The molecule has 0 aromatic carbocycles. The van der Waals surface area contributed by atoms with Crippen molar-refractivity contribution in [3.05, 3.63) is 0 Å². The van der Waals surface area contributed by atoms with Gasteiger partial charge in [-0.15, -0.1) is 0 Å². The monoisotopic (exact) mass is 282 g/mol. The number of carbonyl (C=O) groups excluding carboxylic acids is 1. The van der Waals surface area contributed by atoms with Crippen molar-refractivity contribution in [2.24, 2.45) is 0 Å². The molecule has 0 aromatic heterocycles. The largest absolute Gasteiger partial charge is 0.334 e. The Labute approximate surface area is 127 Å². The smallest absolute Gasteiger partial charge is 0.312 e. The Morgan fingerprint density at radius 3 is 1.30 bits per heavy atom. The molecule has 0 bridgehead atoms. The summed E-state index contributed by atoms with van der Waals surface area (Å²) in [6, 6.07) is 0. The fourth-order valence-corrected chi connectivity index (χ4v) is 2.55. The van der Waals surface area contributed by atoms with Gasteiger partial charge in [-0.2, -0.15) is 0 Å². The summed E-state index contributed by atoms with van der Waals surface area (Å²) in [4.78, 5) is 12.7. The molecule has 0 spiro atoms. The molecule has 0 N–H and O–H groups in total. The molecule has 20 heavy (non-hydrogen) atoms. The first-order valence-electron chi connectivity index (χ1n) is 8.97. The zero-order valence-electron chi connectivity index (χ0n) is 14.0. The van der Waals surface area contributed by atoms with E-state index in [0.29, 0.717) is 0 Å². The van der Waals surface area contributed by atoms with E-state index < -0.39 is 0 Å². The molecule has 0 rings (SSSR count). The highest BCUT2D eigenvalue weighted by Crippen LogP contribution is 2.08. The third-order valence-corrected chi connectivity index (χ3v) is 3.94. The summed E-state index contributed by atoms with van der Waals surface area (Å²) in [7, 11) is 0. The Bertz CT molecular complexity index is 194. The first-order chi connectivity index (χ1) is 9.85. The Morgan fingerprint density at radius 1 is 0.600 bits per heavy atom. The van der Waals surface area contributed by atoms with Crippen LogP contribution >= 0.6 is 0 Å². The van der Waals surface area contributed by atoms with E-state index >= 15 is 0 Å². The van der Waals surface area contributed by atoms with Crippen molar-refractivity contribution in [3.8, 4) is 0 Å². The Balaban J connectivity index is 3.31. The van der Waals surface area contributed by atoms with Crippen LogP contribution in [0.2, 0.25) is 0 Å². The lowest BCUT2D eigenvalue weighted by atomic mass is 10.1. The summed E-state index contributed by atoms with van der Waals surface area (Å²) in [6.45, 7) is 6.31. The highest BCUT2D eigenvalue weighted by Gasteiger charge is 2.02. The van der Waals surface area contributed by atoms with E-state index in [1.165, 1.54) is 70.6 Å². The standard InChI is InChI=1S/C18H36NO/c1-3-5-7-9-11-13-15-17-19(18-20)16-14-12-10-8-6-4-2/h3-17H2,1-2H3. The topological polar surface area (TPSA) is 20.3 Å². The van der Waals surface area contributed by atoms with Gasteiger partial charge in [0.2, 0.25) is 0 Å². The van der Waals surface area contributed by atoms with Crippen LogP contribution in [-0.2, 0) is 4.79 Å². The predicted octanol–water partition coefficient (Wildman–Crippen LogP) is 5.47. The number of rotatable bonds is 16. The van der Waals surface area contributed by atoms with E-state index in [9.17, 15) is 4.79 Å². The minimum atomic E-state index is 0.908. The molecule has 0 fully saturated rings. The van der Waals surface area contributed by atoms with E-state index in [0.717, 1.165) is 25.9 Å². The van der Waals surface area contributed by atoms with Crippen molar-refractivity contribution in [2.45, 2.75) is 97.3 Å². The second-order valence-corrected chi connectivity index (χ2v) is 5.97. The molecule has 0 unspecified atom stereocenters. The van der Waals surface area contributed by atoms with Gasteiger partial charge in [-0.05, 0) is 12.8 Å². The molecule has 0 saturated heterocycles. The lowest BCUT2D eigenvalue weighted by Crippen LogP contribution is -2.24. The molecule has 1 amide bonds. The van der Waals surface area contributed by atoms with Crippen molar-refractivity contribution >= 4 is 6.41 Å². The van der Waals surface area contributed by atoms with Crippen LogP contribution in [0.15, 0.2) is 0 Å². The molecule has 0 aromatic rings. The zero-order chi connectivity index (χ0) is 14.9. The van der Waals surface area contributed by atoms with Gasteiger partial charge in [-0.3, -0.25) is 4.79 Å². The van der Waals surface area contributed by atoms with Crippen LogP contribution in [0.5, 0.6) is 0 Å². The molecule has 0 aliphatic heterocycles. The minimum absolute atomic E-state index is 0.908. The van der Waals surface area contributed by atoms with Crippen molar-refractivity contribution in [1.29, 1.82) is 0 Å². The predicted molar refractivity (Wildman–Crippen MR) is 88.6 cm³/mol. The third kappa shape index (κ3) is 13.9. The molecule has 0 heterocycles. The van der Waals surface area contributed by atoms with Crippen molar-refractivity contribution in [2.75, 3.05) is 13.1 Å². The Hall–Kier alpha value is -0.530. The fourth-order valence-electron chi connectivity index (χ4n) is 2.55. The average Bonchev–Trinajstić information content (AvgIpc) is 2.47. The number of unbranched alkanes of at least 4 members (excludes halogenated alkanes) is 11. The molecule has 0 aliphatic rings. The molecular weight excluding hydrogens is 246 g/mol. The van der Waals surface area contributed by atoms with Gasteiger partial charge in [0.05, 0.1) is 0 Å². The SMILES string of the molecule is CCCCCCCCCN([C]=O)CCCCCCCC. The van der Waals surface area contributed by atoms with Crippen LogP contribution < -0.4 is 0 Å². The van der Waals surface area contributed by atoms with Gasteiger partial charge < -0.3 is 4.90 Å². The van der Waals surface area contributed by atoms with E-state index in [2.05, 4.69) is 20.3 Å². The van der Waals surface area contributed by atoms with Gasteiger partial charge in [0.25, 0.3) is 0 Å². The van der Waals surface area contributed by atoms with Crippen molar-refractivity contribution < 1.29 is 4.79 Å². The maximum absolute atomic E-state index is 10.9.